The van der Waals surface area contributed by atoms with Gasteiger partial charge in [0.25, 0.3) is 5.89 Å². The monoisotopic (exact) mass is 291 g/mol. The van der Waals surface area contributed by atoms with Crippen LogP contribution in [0.1, 0.15) is 0 Å². The Bertz CT molecular complexity index is 754. The molecule has 0 atom stereocenters. The fourth-order valence-corrected chi connectivity index (χ4v) is 2.40. The zero-order chi connectivity index (χ0) is 14.1. The third kappa shape index (κ3) is 2.23. The lowest BCUT2D eigenvalue weighted by atomic mass is 10.2. The minimum absolute atomic E-state index is 0.134. The first kappa shape index (κ1) is 12.6. The lowest BCUT2D eigenvalue weighted by Crippen LogP contribution is -1.89. The Hall–Kier alpha value is -2.41. The van der Waals surface area contributed by atoms with Crippen LogP contribution in [0, 0.1) is 5.82 Å². The van der Waals surface area contributed by atoms with Crippen LogP contribution in [0.2, 0.25) is 0 Å². The molecule has 0 amide bonds. The first-order valence-electron chi connectivity index (χ1n) is 5.70. The second-order valence-electron chi connectivity index (χ2n) is 3.97. The van der Waals surface area contributed by atoms with Crippen molar-refractivity contribution >= 4 is 16.3 Å². The van der Waals surface area contributed by atoms with Crippen molar-refractivity contribution in [3.05, 3.63) is 36.1 Å². The molecule has 0 spiro atoms. The molecule has 3 aromatic rings. The number of anilines is 1. The number of nitrogens with two attached hydrogens (primary N) is 1. The Morgan fingerprint density at radius 2 is 2.15 bits per heavy atom. The Kier molecular flexibility index (Phi) is 3.11. The lowest BCUT2D eigenvalue weighted by Gasteiger charge is -2.02. The van der Waals surface area contributed by atoms with Gasteiger partial charge in [0.15, 0.2) is 11.6 Å². The molecule has 0 fully saturated rings. The molecule has 0 bridgehead atoms. The van der Waals surface area contributed by atoms with E-state index in [1.54, 1.807) is 12.1 Å². The van der Waals surface area contributed by atoms with Crippen LogP contribution >= 0.6 is 11.3 Å². The van der Waals surface area contributed by atoms with Gasteiger partial charge in [-0.25, -0.2) is 4.39 Å². The van der Waals surface area contributed by atoms with Crippen LogP contribution < -0.4 is 10.5 Å². The number of hydrogen-bond donors (Lipinski definition) is 1. The fourth-order valence-electron chi connectivity index (χ4n) is 1.71. The molecule has 3 rings (SSSR count). The molecule has 102 valence electrons. The van der Waals surface area contributed by atoms with Gasteiger partial charge in [0, 0.05) is 5.56 Å². The van der Waals surface area contributed by atoms with Gasteiger partial charge in [-0.15, -0.1) is 11.3 Å². The van der Waals surface area contributed by atoms with Gasteiger partial charge in [-0.2, -0.15) is 4.98 Å². The SMILES string of the molecule is COc1cc(-c2noc(-c3ccc(N)s3)n2)ccc1F. The Morgan fingerprint density at radius 1 is 1.30 bits per heavy atom. The van der Waals surface area contributed by atoms with Gasteiger partial charge in [0.1, 0.15) is 0 Å². The number of halogens is 1. The maximum atomic E-state index is 13.4. The molecule has 0 radical (unpaired) electrons. The van der Waals surface area contributed by atoms with E-state index < -0.39 is 5.82 Å². The van der Waals surface area contributed by atoms with E-state index >= 15 is 0 Å². The second-order valence-corrected chi connectivity index (χ2v) is 5.09. The summed E-state index contributed by atoms with van der Waals surface area (Å²) in [6, 6.07) is 7.96. The van der Waals surface area contributed by atoms with Crippen molar-refractivity contribution < 1.29 is 13.7 Å². The highest BCUT2D eigenvalue weighted by Gasteiger charge is 2.14. The molecule has 5 nitrogen and oxygen atoms in total. The standard InChI is InChI=1S/C13H10FN3O2S/c1-18-9-6-7(2-3-8(9)14)12-16-13(19-17-12)10-4-5-11(15)20-10/h2-6H,15H2,1H3. The number of rotatable bonds is 3. The summed E-state index contributed by atoms with van der Waals surface area (Å²) in [5.41, 5.74) is 6.27. The predicted molar refractivity (Wildman–Crippen MR) is 74.0 cm³/mol. The highest BCUT2D eigenvalue weighted by Crippen LogP contribution is 2.30. The number of nitrogens with zero attached hydrogens (tertiary/aromatic N) is 2. The summed E-state index contributed by atoms with van der Waals surface area (Å²) < 4.78 is 23.5. The minimum Gasteiger partial charge on any atom is -0.494 e. The van der Waals surface area contributed by atoms with E-state index in [9.17, 15) is 4.39 Å². The van der Waals surface area contributed by atoms with Crippen molar-refractivity contribution in [3.63, 3.8) is 0 Å². The second kappa shape index (κ2) is 4.93. The van der Waals surface area contributed by atoms with E-state index in [-0.39, 0.29) is 5.75 Å². The smallest absolute Gasteiger partial charge is 0.268 e. The fraction of sp³-hybridized carbons (Fsp3) is 0.0769. The predicted octanol–water partition coefficient (Wildman–Crippen LogP) is 3.20. The zero-order valence-corrected chi connectivity index (χ0v) is 11.3. The lowest BCUT2D eigenvalue weighted by molar-refractivity contribution is 0.386. The molecule has 0 aliphatic rings. The minimum atomic E-state index is -0.439. The molecular formula is C13H10FN3O2S. The number of methoxy groups -OCH3 is 1. The van der Waals surface area contributed by atoms with Gasteiger partial charge in [-0.3, -0.25) is 0 Å². The molecule has 20 heavy (non-hydrogen) atoms. The van der Waals surface area contributed by atoms with Crippen LogP contribution in [-0.4, -0.2) is 17.3 Å². The Labute approximate surface area is 117 Å². The quantitative estimate of drug-likeness (QED) is 0.802. The topological polar surface area (TPSA) is 74.2 Å². The molecule has 7 heteroatoms. The molecule has 2 heterocycles. The largest absolute Gasteiger partial charge is 0.494 e. The van der Waals surface area contributed by atoms with E-state index in [4.69, 9.17) is 15.0 Å². The van der Waals surface area contributed by atoms with Crippen LogP contribution in [0.25, 0.3) is 22.2 Å². The molecule has 2 aromatic heterocycles. The van der Waals surface area contributed by atoms with Crippen molar-refractivity contribution in [1.82, 2.24) is 10.1 Å². The van der Waals surface area contributed by atoms with E-state index in [1.807, 2.05) is 6.07 Å². The summed E-state index contributed by atoms with van der Waals surface area (Å²) in [6.07, 6.45) is 0. The Balaban J connectivity index is 1.97. The first-order chi connectivity index (χ1) is 9.67. The third-order valence-corrected chi connectivity index (χ3v) is 3.58. The van der Waals surface area contributed by atoms with Crippen LogP contribution in [0.3, 0.4) is 0 Å². The van der Waals surface area contributed by atoms with Gasteiger partial charge >= 0.3 is 0 Å². The van der Waals surface area contributed by atoms with E-state index in [2.05, 4.69) is 10.1 Å². The van der Waals surface area contributed by atoms with Gasteiger partial charge in [0.2, 0.25) is 5.82 Å². The molecule has 0 aliphatic heterocycles. The van der Waals surface area contributed by atoms with E-state index in [0.717, 1.165) is 4.88 Å². The van der Waals surface area contributed by atoms with Gasteiger partial charge in [0.05, 0.1) is 17.0 Å². The van der Waals surface area contributed by atoms with Crippen LogP contribution in [0.4, 0.5) is 9.39 Å². The third-order valence-electron chi connectivity index (χ3n) is 2.67. The number of aromatic nitrogens is 2. The number of hydrogen-bond acceptors (Lipinski definition) is 6. The number of ether oxygens (including phenoxy) is 1. The summed E-state index contributed by atoms with van der Waals surface area (Å²) >= 11 is 1.36. The first-order valence-corrected chi connectivity index (χ1v) is 6.52. The molecular weight excluding hydrogens is 281 g/mol. The summed E-state index contributed by atoms with van der Waals surface area (Å²) in [4.78, 5) is 5.06. The molecule has 0 unspecified atom stereocenters. The molecule has 1 aromatic carbocycles. The van der Waals surface area contributed by atoms with Crippen LogP contribution in [0.5, 0.6) is 5.75 Å². The Morgan fingerprint density at radius 3 is 2.85 bits per heavy atom. The molecule has 0 aliphatic carbocycles. The zero-order valence-electron chi connectivity index (χ0n) is 10.5. The van der Waals surface area contributed by atoms with Crippen molar-refractivity contribution in [2.24, 2.45) is 0 Å². The maximum Gasteiger partial charge on any atom is 0.268 e. The van der Waals surface area contributed by atoms with Crippen LogP contribution in [-0.2, 0) is 0 Å². The van der Waals surface area contributed by atoms with Crippen molar-refractivity contribution in [3.8, 4) is 27.9 Å². The highest BCUT2D eigenvalue weighted by atomic mass is 32.1. The van der Waals surface area contributed by atoms with Gasteiger partial charge < -0.3 is 15.0 Å². The van der Waals surface area contributed by atoms with E-state index in [1.165, 1.54) is 30.6 Å². The van der Waals surface area contributed by atoms with Gasteiger partial charge in [-0.05, 0) is 30.3 Å². The summed E-state index contributed by atoms with van der Waals surface area (Å²) in [6.45, 7) is 0. The van der Waals surface area contributed by atoms with Gasteiger partial charge in [-0.1, -0.05) is 5.16 Å². The summed E-state index contributed by atoms with van der Waals surface area (Å²) in [5, 5.41) is 4.55. The number of benzene rings is 1. The average molecular weight is 291 g/mol. The van der Waals surface area contributed by atoms with E-state index in [0.29, 0.717) is 22.3 Å². The van der Waals surface area contributed by atoms with Crippen LogP contribution in [0.15, 0.2) is 34.9 Å². The maximum absolute atomic E-state index is 13.4. The molecule has 0 saturated carbocycles. The average Bonchev–Trinajstić information content (AvgIpc) is 3.08. The van der Waals surface area contributed by atoms with Crippen molar-refractivity contribution in [2.45, 2.75) is 0 Å². The highest BCUT2D eigenvalue weighted by molar-refractivity contribution is 7.19. The number of thiophene rings is 1. The number of nitrogen functional groups attached to an aromatic ring is 1. The molecule has 0 saturated heterocycles. The summed E-state index contributed by atoms with van der Waals surface area (Å²) in [7, 11) is 1.40. The van der Waals surface area contributed by atoms with Crippen molar-refractivity contribution in [2.75, 3.05) is 12.8 Å². The molecule has 2 N–H and O–H groups in total. The van der Waals surface area contributed by atoms with Crippen molar-refractivity contribution in [1.29, 1.82) is 0 Å². The summed E-state index contributed by atoms with van der Waals surface area (Å²) in [5.74, 6) is 0.440. The normalized spacial score (nSPS) is 10.7.